The number of amides is 1. The van der Waals surface area contributed by atoms with Gasteiger partial charge in [-0.3, -0.25) is 4.79 Å². The summed E-state index contributed by atoms with van der Waals surface area (Å²) < 4.78 is 0. The molecule has 0 aliphatic heterocycles. The molecular weight excluding hydrogens is 156 g/mol. The number of carbonyl (C=O) groups is 1. The predicted molar refractivity (Wildman–Crippen MR) is 44.1 cm³/mol. The highest BCUT2D eigenvalue weighted by Gasteiger charge is 2.18. The highest BCUT2D eigenvalue weighted by molar-refractivity contribution is 5.80. The minimum atomic E-state index is -1.01. The van der Waals surface area contributed by atoms with E-state index in [1.165, 1.54) is 6.92 Å². The van der Waals surface area contributed by atoms with Crippen LogP contribution in [0.2, 0.25) is 0 Å². The van der Waals surface area contributed by atoms with E-state index >= 15 is 0 Å². The lowest BCUT2D eigenvalue weighted by Crippen LogP contribution is -2.38. The zero-order chi connectivity index (χ0) is 9.78. The number of hydrogen-bond donors (Lipinski definition) is 2. The van der Waals surface area contributed by atoms with Gasteiger partial charge in [-0.05, 0) is 20.8 Å². The summed E-state index contributed by atoms with van der Waals surface area (Å²) in [6, 6.07) is 2.04. The van der Waals surface area contributed by atoms with Crippen molar-refractivity contribution in [3.63, 3.8) is 0 Å². The van der Waals surface area contributed by atoms with Gasteiger partial charge < -0.3 is 10.4 Å². The Morgan fingerprint density at radius 1 is 1.75 bits per heavy atom. The van der Waals surface area contributed by atoms with Gasteiger partial charge in [0.25, 0.3) is 0 Å². The molecular formula is C8H14N2O2. The van der Waals surface area contributed by atoms with Crippen LogP contribution >= 0.6 is 0 Å². The Bertz CT molecular complexity index is 204. The largest absolute Gasteiger partial charge is 0.384 e. The molecule has 0 aromatic rings. The maximum atomic E-state index is 10.8. The molecule has 0 unspecified atom stereocenters. The Hall–Kier alpha value is -1.08. The van der Waals surface area contributed by atoms with E-state index < -0.39 is 17.4 Å². The van der Waals surface area contributed by atoms with Gasteiger partial charge in [-0.15, -0.1) is 0 Å². The van der Waals surface area contributed by atoms with Crippen molar-refractivity contribution in [2.24, 2.45) is 5.41 Å². The Kier molecular flexibility index (Phi) is 3.71. The molecule has 12 heavy (non-hydrogen) atoms. The second-order valence-corrected chi connectivity index (χ2v) is 3.39. The number of nitrogens with zero attached hydrogens (tertiary/aromatic N) is 1. The Morgan fingerprint density at radius 3 is 2.58 bits per heavy atom. The predicted octanol–water partition coefficient (Wildman–Crippen LogP) is 0.0332. The van der Waals surface area contributed by atoms with Gasteiger partial charge in [0.1, 0.15) is 6.10 Å². The van der Waals surface area contributed by atoms with E-state index in [2.05, 4.69) is 5.32 Å². The molecule has 0 bridgehead atoms. The van der Waals surface area contributed by atoms with Gasteiger partial charge in [0, 0.05) is 6.54 Å². The van der Waals surface area contributed by atoms with Crippen LogP contribution < -0.4 is 5.32 Å². The van der Waals surface area contributed by atoms with Crippen molar-refractivity contribution >= 4 is 5.91 Å². The molecule has 0 radical (unpaired) electrons. The average Bonchev–Trinajstić information content (AvgIpc) is 2.00. The topological polar surface area (TPSA) is 73.1 Å². The third-order valence-electron chi connectivity index (χ3n) is 1.39. The van der Waals surface area contributed by atoms with Crippen molar-refractivity contribution in [2.75, 3.05) is 6.54 Å². The van der Waals surface area contributed by atoms with Gasteiger partial charge in [0.15, 0.2) is 0 Å². The van der Waals surface area contributed by atoms with E-state index in [0.29, 0.717) is 0 Å². The molecule has 0 saturated heterocycles. The van der Waals surface area contributed by atoms with Crippen LogP contribution in [0.25, 0.3) is 0 Å². The van der Waals surface area contributed by atoms with Gasteiger partial charge >= 0.3 is 0 Å². The monoisotopic (exact) mass is 170 g/mol. The van der Waals surface area contributed by atoms with Gasteiger partial charge in [0.05, 0.1) is 11.5 Å². The van der Waals surface area contributed by atoms with E-state index in [1.807, 2.05) is 6.07 Å². The Labute approximate surface area is 72.2 Å². The summed E-state index contributed by atoms with van der Waals surface area (Å²) in [7, 11) is 0. The molecule has 2 N–H and O–H groups in total. The average molecular weight is 170 g/mol. The first-order valence-corrected chi connectivity index (χ1v) is 3.76. The van der Waals surface area contributed by atoms with E-state index in [0.717, 1.165) is 0 Å². The number of hydrogen-bond acceptors (Lipinski definition) is 3. The molecule has 4 heteroatoms. The molecule has 0 fully saturated rings. The second-order valence-electron chi connectivity index (χ2n) is 3.39. The van der Waals surface area contributed by atoms with Crippen LogP contribution in [0.1, 0.15) is 20.8 Å². The number of rotatable bonds is 3. The number of nitriles is 1. The van der Waals surface area contributed by atoms with Crippen molar-refractivity contribution in [3.8, 4) is 6.07 Å². The Balaban J connectivity index is 3.86. The molecule has 0 spiro atoms. The fraction of sp³-hybridized carbons (Fsp3) is 0.750. The summed E-state index contributed by atoms with van der Waals surface area (Å²) >= 11 is 0. The number of nitrogens with one attached hydrogen (secondary N) is 1. The van der Waals surface area contributed by atoms with E-state index in [-0.39, 0.29) is 6.54 Å². The summed E-state index contributed by atoms with van der Waals surface area (Å²) in [4.78, 5) is 10.8. The highest BCUT2D eigenvalue weighted by Crippen LogP contribution is 2.10. The first-order valence-electron chi connectivity index (χ1n) is 3.76. The molecule has 0 rings (SSSR count). The van der Waals surface area contributed by atoms with Crippen molar-refractivity contribution < 1.29 is 9.90 Å². The number of aliphatic hydroxyl groups excluding tert-OH is 1. The lowest BCUT2D eigenvalue weighted by molar-refractivity contribution is -0.128. The second kappa shape index (κ2) is 4.07. The normalized spacial score (nSPS) is 13.2. The van der Waals surface area contributed by atoms with Crippen molar-refractivity contribution in [2.45, 2.75) is 26.9 Å². The SMILES string of the molecule is C[C@@H](O)C(=O)NCC(C)(C)C#N. The molecule has 0 aliphatic rings. The summed E-state index contributed by atoms with van der Waals surface area (Å²) in [6.45, 7) is 5.08. The molecule has 0 aromatic heterocycles. The van der Waals surface area contributed by atoms with Crippen LogP contribution in [0.3, 0.4) is 0 Å². The van der Waals surface area contributed by atoms with Crippen molar-refractivity contribution in [1.29, 1.82) is 5.26 Å². The molecule has 68 valence electrons. The standard InChI is InChI=1S/C8H14N2O2/c1-6(11)7(12)10-5-8(2,3)4-9/h6,11H,5H2,1-3H3,(H,10,12)/t6-/m1/s1. The van der Waals surface area contributed by atoms with Gasteiger partial charge in [0.2, 0.25) is 5.91 Å². The van der Waals surface area contributed by atoms with E-state index in [1.54, 1.807) is 13.8 Å². The first-order chi connectivity index (χ1) is 5.39. The zero-order valence-corrected chi connectivity index (χ0v) is 7.59. The molecule has 0 aliphatic carbocycles. The van der Waals surface area contributed by atoms with E-state index in [9.17, 15) is 4.79 Å². The molecule has 4 nitrogen and oxygen atoms in total. The van der Waals surface area contributed by atoms with Gasteiger partial charge in [-0.1, -0.05) is 0 Å². The number of carbonyl (C=O) groups excluding carboxylic acids is 1. The first kappa shape index (κ1) is 10.9. The zero-order valence-electron chi connectivity index (χ0n) is 7.59. The lowest BCUT2D eigenvalue weighted by atomic mass is 9.96. The summed E-state index contributed by atoms with van der Waals surface area (Å²) in [5.74, 6) is -0.446. The summed E-state index contributed by atoms with van der Waals surface area (Å²) in [5, 5.41) is 19.8. The Morgan fingerprint density at radius 2 is 2.25 bits per heavy atom. The fourth-order valence-electron chi connectivity index (χ4n) is 0.495. The van der Waals surface area contributed by atoms with Crippen molar-refractivity contribution in [1.82, 2.24) is 5.32 Å². The van der Waals surface area contributed by atoms with Crippen LogP contribution in [-0.2, 0) is 4.79 Å². The van der Waals surface area contributed by atoms with E-state index in [4.69, 9.17) is 10.4 Å². The quantitative estimate of drug-likeness (QED) is 0.627. The van der Waals surface area contributed by atoms with Crippen LogP contribution in [0.15, 0.2) is 0 Å². The third-order valence-corrected chi connectivity index (χ3v) is 1.39. The molecule has 1 atom stereocenters. The number of aliphatic hydroxyl groups is 1. The third kappa shape index (κ3) is 3.94. The molecule has 0 heterocycles. The molecule has 0 aromatic carbocycles. The highest BCUT2D eigenvalue weighted by atomic mass is 16.3. The lowest BCUT2D eigenvalue weighted by Gasteiger charge is -2.16. The minimum absolute atomic E-state index is 0.257. The summed E-state index contributed by atoms with van der Waals surface area (Å²) in [6.07, 6.45) is -1.01. The van der Waals surface area contributed by atoms with Crippen LogP contribution in [0.4, 0.5) is 0 Å². The smallest absolute Gasteiger partial charge is 0.248 e. The van der Waals surface area contributed by atoms with Crippen LogP contribution in [0.5, 0.6) is 0 Å². The van der Waals surface area contributed by atoms with Crippen LogP contribution in [-0.4, -0.2) is 23.7 Å². The molecule has 1 amide bonds. The van der Waals surface area contributed by atoms with Crippen LogP contribution in [0, 0.1) is 16.7 Å². The summed E-state index contributed by atoms with van der Waals surface area (Å²) in [5.41, 5.74) is -0.579. The van der Waals surface area contributed by atoms with Gasteiger partial charge in [-0.25, -0.2) is 0 Å². The van der Waals surface area contributed by atoms with Gasteiger partial charge in [-0.2, -0.15) is 5.26 Å². The fourth-order valence-corrected chi connectivity index (χ4v) is 0.495. The maximum absolute atomic E-state index is 10.8. The minimum Gasteiger partial charge on any atom is -0.384 e. The maximum Gasteiger partial charge on any atom is 0.248 e. The molecule has 0 saturated carbocycles. The van der Waals surface area contributed by atoms with Crippen molar-refractivity contribution in [3.05, 3.63) is 0 Å².